The number of fused-ring (bicyclic) bond motifs is 1. The SMILES string of the molecule is Cc1cc(OCc2c(F)cncc2F)c2nc(C)c(C(=O)CC(CCCC(F)(F)F)C(C)(C)O)n2c1. The number of hydrogen-bond acceptors (Lipinski definition) is 5. The summed E-state index contributed by atoms with van der Waals surface area (Å²) in [5.41, 5.74) is -0.224. The molecule has 0 aromatic carbocycles. The van der Waals surface area contributed by atoms with E-state index in [1.54, 1.807) is 26.1 Å². The van der Waals surface area contributed by atoms with Gasteiger partial charge in [-0.2, -0.15) is 13.2 Å². The van der Waals surface area contributed by atoms with Crippen LogP contribution in [0.3, 0.4) is 0 Å². The molecule has 0 saturated heterocycles. The van der Waals surface area contributed by atoms with Gasteiger partial charge in [-0.25, -0.2) is 13.8 Å². The number of ketones is 1. The van der Waals surface area contributed by atoms with E-state index in [9.17, 15) is 31.9 Å². The Labute approximate surface area is 205 Å². The molecule has 36 heavy (non-hydrogen) atoms. The molecule has 0 spiro atoms. The molecular formula is C25H28F5N3O3. The molecule has 1 atom stereocenters. The number of halogens is 5. The Bertz CT molecular complexity index is 1230. The van der Waals surface area contributed by atoms with Gasteiger partial charge in [-0.15, -0.1) is 0 Å². The van der Waals surface area contributed by atoms with Gasteiger partial charge in [-0.3, -0.25) is 14.2 Å². The van der Waals surface area contributed by atoms with Crippen molar-refractivity contribution in [2.24, 2.45) is 5.92 Å². The number of carbonyl (C=O) groups excluding carboxylic acids is 1. The highest BCUT2D eigenvalue weighted by atomic mass is 19.4. The predicted octanol–water partition coefficient (Wildman–Crippen LogP) is 5.90. The van der Waals surface area contributed by atoms with Crippen molar-refractivity contribution in [3.63, 3.8) is 0 Å². The lowest BCUT2D eigenvalue weighted by Crippen LogP contribution is -2.33. The summed E-state index contributed by atoms with van der Waals surface area (Å²) in [4.78, 5) is 21.1. The number of pyridine rings is 2. The maximum absolute atomic E-state index is 14.0. The third-order valence-electron chi connectivity index (χ3n) is 6.03. The summed E-state index contributed by atoms with van der Waals surface area (Å²) in [5.74, 6) is -2.65. The van der Waals surface area contributed by atoms with Gasteiger partial charge in [-0.05, 0) is 58.1 Å². The molecule has 0 fully saturated rings. The third-order valence-corrected chi connectivity index (χ3v) is 6.03. The lowest BCUT2D eigenvalue weighted by Gasteiger charge is -2.29. The lowest BCUT2D eigenvalue weighted by atomic mass is 9.82. The molecule has 3 aromatic heterocycles. The van der Waals surface area contributed by atoms with Crippen LogP contribution in [0.15, 0.2) is 24.7 Å². The Kier molecular flexibility index (Phi) is 8.02. The number of imidazole rings is 1. The van der Waals surface area contributed by atoms with Crippen molar-refractivity contribution in [1.82, 2.24) is 14.4 Å². The Hall–Kier alpha value is -3.08. The maximum atomic E-state index is 14.0. The first kappa shape index (κ1) is 27.5. The summed E-state index contributed by atoms with van der Waals surface area (Å²) in [6.07, 6.45) is -2.31. The third kappa shape index (κ3) is 6.57. The first-order valence-corrected chi connectivity index (χ1v) is 11.4. The molecule has 196 valence electrons. The van der Waals surface area contributed by atoms with Crippen LogP contribution in [0.5, 0.6) is 5.75 Å². The second kappa shape index (κ2) is 10.5. The van der Waals surface area contributed by atoms with Crippen molar-refractivity contribution in [2.75, 3.05) is 0 Å². The number of aryl methyl sites for hydroxylation is 2. The van der Waals surface area contributed by atoms with E-state index in [-0.39, 0.29) is 41.9 Å². The first-order valence-electron chi connectivity index (χ1n) is 11.4. The van der Waals surface area contributed by atoms with Gasteiger partial charge in [0.25, 0.3) is 0 Å². The van der Waals surface area contributed by atoms with Gasteiger partial charge < -0.3 is 9.84 Å². The van der Waals surface area contributed by atoms with Gasteiger partial charge in [0.15, 0.2) is 28.8 Å². The van der Waals surface area contributed by atoms with E-state index < -0.39 is 48.1 Å². The Morgan fingerprint density at radius 2 is 1.81 bits per heavy atom. The topological polar surface area (TPSA) is 76.7 Å². The molecule has 3 rings (SSSR count). The fourth-order valence-corrected chi connectivity index (χ4v) is 4.10. The van der Waals surface area contributed by atoms with Crippen LogP contribution in [0, 0.1) is 31.4 Å². The number of alkyl halides is 3. The molecule has 0 radical (unpaired) electrons. The zero-order valence-electron chi connectivity index (χ0n) is 20.4. The molecule has 11 heteroatoms. The van der Waals surface area contributed by atoms with E-state index in [2.05, 4.69) is 9.97 Å². The molecule has 0 saturated carbocycles. The highest BCUT2D eigenvalue weighted by molar-refractivity contribution is 5.97. The second-order valence-corrected chi connectivity index (χ2v) is 9.48. The molecule has 0 bridgehead atoms. The molecular weight excluding hydrogens is 485 g/mol. The van der Waals surface area contributed by atoms with Gasteiger partial charge in [-0.1, -0.05) is 0 Å². The average Bonchev–Trinajstić information content (AvgIpc) is 3.06. The lowest BCUT2D eigenvalue weighted by molar-refractivity contribution is -0.137. The van der Waals surface area contributed by atoms with Crippen LogP contribution >= 0.6 is 0 Å². The molecule has 3 heterocycles. The minimum Gasteiger partial charge on any atom is -0.485 e. The van der Waals surface area contributed by atoms with Crippen molar-refractivity contribution >= 4 is 11.4 Å². The number of carbonyl (C=O) groups is 1. The minimum absolute atomic E-state index is 0.0149. The summed E-state index contributed by atoms with van der Waals surface area (Å²) < 4.78 is 72.9. The summed E-state index contributed by atoms with van der Waals surface area (Å²) in [6, 6.07) is 1.61. The Balaban J connectivity index is 1.89. The molecule has 0 amide bonds. The smallest absolute Gasteiger partial charge is 0.389 e. The second-order valence-electron chi connectivity index (χ2n) is 9.48. The summed E-state index contributed by atoms with van der Waals surface area (Å²) in [5, 5.41) is 10.5. The molecule has 6 nitrogen and oxygen atoms in total. The van der Waals surface area contributed by atoms with E-state index in [1.807, 2.05) is 0 Å². The molecule has 0 aliphatic heterocycles. The number of aromatic nitrogens is 3. The molecule has 1 unspecified atom stereocenters. The Morgan fingerprint density at radius 1 is 1.17 bits per heavy atom. The van der Waals surface area contributed by atoms with Crippen LogP contribution in [0.4, 0.5) is 22.0 Å². The number of aliphatic hydroxyl groups is 1. The average molecular weight is 514 g/mol. The molecule has 0 aliphatic rings. The van der Waals surface area contributed by atoms with E-state index >= 15 is 0 Å². The van der Waals surface area contributed by atoms with E-state index in [4.69, 9.17) is 4.74 Å². The standard InChI is InChI=1S/C25H28F5N3O3/c1-14-8-21(36-13-17-18(26)10-31-11-19(17)27)23-32-15(2)22(33(23)12-14)20(34)9-16(24(3,4)35)6-5-7-25(28,29)30/h8,10-12,16,35H,5-7,9,13H2,1-4H3. The summed E-state index contributed by atoms with van der Waals surface area (Å²) in [7, 11) is 0. The fourth-order valence-electron chi connectivity index (χ4n) is 4.10. The van der Waals surface area contributed by atoms with E-state index in [1.165, 1.54) is 18.2 Å². The summed E-state index contributed by atoms with van der Waals surface area (Å²) >= 11 is 0. The van der Waals surface area contributed by atoms with Gasteiger partial charge in [0.2, 0.25) is 0 Å². The van der Waals surface area contributed by atoms with Crippen LogP contribution in [-0.2, 0) is 6.61 Å². The van der Waals surface area contributed by atoms with Gasteiger partial charge in [0.05, 0.1) is 29.3 Å². The number of ether oxygens (including phenoxy) is 1. The highest BCUT2D eigenvalue weighted by Crippen LogP contribution is 2.32. The van der Waals surface area contributed by atoms with Crippen LogP contribution in [0.25, 0.3) is 5.65 Å². The van der Waals surface area contributed by atoms with Gasteiger partial charge >= 0.3 is 6.18 Å². The van der Waals surface area contributed by atoms with Crippen LogP contribution in [-0.4, -0.2) is 37.0 Å². The predicted molar refractivity (Wildman–Crippen MR) is 122 cm³/mol. The van der Waals surface area contributed by atoms with Gasteiger partial charge in [0, 0.05) is 19.0 Å². The van der Waals surface area contributed by atoms with Crippen molar-refractivity contribution in [3.05, 3.63) is 58.8 Å². The monoisotopic (exact) mass is 513 g/mol. The number of nitrogens with zero attached hydrogens (tertiary/aromatic N) is 3. The van der Waals surface area contributed by atoms with Crippen molar-refractivity contribution in [3.8, 4) is 5.75 Å². The highest BCUT2D eigenvalue weighted by Gasteiger charge is 2.33. The van der Waals surface area contributed by atoms with Gasteiger partial charge in [0.1, 0.15) is 12.3 Å². The van der Waals surface area contributed by atoms with Crippen LogP contribution in [0.1, 0.15) is 66.8 Å². The molecule has 1 N–H and O–H groups in total. The summed E-state index contributed by atoms with van der Waals surface area (Å²) in [6.45, 7) is 5.83. The van der Waals surface area contributed by atoms with Crippen molar-refractivity contribution in [1.29, 1.82) is 0 Å². The normalized spacial score (nSPS) is 13.3. The van der Waals surface area contributed by atoms with E-state index in [0.717, 1.165) is 12.4 Å². The van der Waals surface area contributed by atoms with Crippen molar-refractivity contribution < 1.29 is 36.6 Å². The number of Topliss-reactive ketones (excluding diaryl/α,β-unsaturated/α-hetero) is 1. The fraction of sp³-hybridized carbons (Fsp3) is 0.480. The largest absolute Gasteiger partial charge is 0.485 e. The minimum atomic E-state index is -4.32. The first-order chi connectivity index (χ1) is 16.7. The molecule has 3 aromatic rings. The molecule has 0 aliphatic carbocycles. The maximum Gasteiger partial charge on any atom is 0.389 e. The zero-order valence-corrected chi connectivity index (χ0v) is 20.4. The number of hydrogen-bond donors (Lipinski definition) is 1. The quantitative estimate of drug-likeness (QED) is 0.270. The van der Waals surface area contributed by atoms with Crippen LogP contribution < -0.4 is 4.74 Å². The van der Waals surface area contributed by atoms with E-state index in [0.29, 0.717) is 11.3 Å². The Morgan fingerprint density at radius 3 is 2.39 bits per heavy atom. The van der Waals surface area contributed by atoms with Crippen molar-refractivity contribution in [2.45, 2.75) is 71.8 Å². The van der Waals surface area contributed by atoms with Crippen LogP contribution in [0.2, 0.25) is 0 Å². The zero-order chi connectivity index (χ0) is 26.8. The number of rotatable bonds is 10.